The number of hydrogen-bond donors (Lipinski definition) is 2. The van der Waals surface area contributed by atoms with Gasteiger partial charge in [0.05, 0.1) is 18.0 Å². The third-order valence-corrected chi connectivity index (χ3v) is 8.17. The lowest BCUT2D eigenvalue weighted by atomic mass is 9.73. The molecular formula is C24H29ClN2O4S. The Morgan fingerprint density at radius 3 is 2.62 bits per heavy atom. The van der Waals surface area contributed by atoms with Crippen LogP contribution < -0.4 is 4.90 Å². The standard InChI is InChI=1S/C24H29ClN2O4S/c25-20-8-4-3-7-18(20)21-14-32-24(26-21)27-12-15(13-28)9-10-17(16-5-1-2-6-16)19(23(27)31)11-22(29)30/h3-4,7-8,14-17,19,28H,1-2,5-6,9-13H2,(H,29,30)/t15-,17-,19+/m1/s1. The number of aliphatic hydroxyl groups is 1. The second kappa shape index (κ2) is 10.3. The maximum Gasteiger partial charge on any atom is 0.304 e. The van der Waals surface area contributed by atoms with E-state index >= 15 is 0 Å². The summed E-state index contributed by atoms with van der Waals surface area (Å²) in [5.74, 6) is -1.34. The van der Waals surface area contributed by atoms with Crippen molar-refractivity contribution in [3.8, 4) is 11.3 Å². The summed E-state index contributed by atoms with van der Waals surface area (Å²) in [6.07, 6.45) is 5.77. The van der Waals surface area contributed by atoms with Crippen LogP contribution in [0.1, 0.15) is 44.9 Å². The molecule has 3 atom stereocenters. The molecule has 1 amide bonds. The number of halogens is 1. The molecule has 32 heavy (non-hydrogen) atoms. The molecule has 172 valence electrons. The lowest BCUT2D eigenvalue weighted by Gasteiger charge is -2.38. The molecule has 2 heterocycles. The molecule has 1 saturated carbocycles. The average molecular weight is 477 g/mol. The monoisotopic (exact) mass is 476 g/mol. The zero-order valence-corrected chi connectivity index (χ0v) is 19.5. The number of nitrogens with zero attached hydrogens (tertiary/aromatic N) is 2. The summed E-state index contributed by atoms with van der Waals surface area (Å²) in [4.78, 5) is 31.8. The number of carbonyl (C=O) groups is 2. The molecule has 2 aromatic rings. The van der Waals surface area contributed by atoms with Crippen LogP contribution in [0.4, 0.5) is 5.13 Å². The van der Waals surface area contributed by atoms with Crippen LogP contribution in [0.25, 0.3) is 11.3 Å². The van der Waals surface area contributed by atoms with Gasteiger partial charge in [0.15, 0.2) is 5.13 Å². The van der Waals surface area contributed by atoms with Crippen LogP contribution in [-0.2, 0) is 9.59 Å². The quantitative estimate of drug-likeness (QED) is 0.605. The molecule has 0 unspecified atom stereocenters. The predicted molar refractivity (Wildman–Crippen MR) is 126 cm³/mol. The van der Waals surface area contributed by atoms with E-state index in [1.165, 1.54) is 11.3 Å². The highest BCUT2D eigenvalue weighted by atomic mass is 35.5. The normalized spacial score (nSPS) is 25.0. The van der Waals surface area contributed by atoms with Crippen molar-refractivity contribution in [3.05, 3.63) is 34.7 Å². The van der Waals surface area contributed by atoms with E-state index in [0.29, 0.717) is 28.3 Å². The number of amides is 1. The van der Waals surface area contributed by atoms with E-state index in [0.717, 1.165) is 44.1 Å². The summed E-state index contributed by atoms with van der Waals surface area (Å²) in [5, 5.41) is 22.6. The number of carbonyl (C=O) groups excluding carboxylic acids is 1. The molecule has 1 aromatic heterocycles. The van der Waals surface area contributed by atoms with Crippen LogP contribution in [0.5, 0.6) is 0 Å². The first kappa shape index (κ1) is 23.2. The summed E-state index contributed by atoms with van der Waals surface area (Å²) < 4.78 is 0. The second-order valence-corrected chi connectivity index (χ2v) is 10.2. The molecule has 1 saturated heterocycles. The number of carboxylic acids is 1. The van der Waals surface area contributed by atoms with Gasteiger partial charge in [-0.1, -0.05) is 55.5 Å². The van der Waals surface area contributed by atoms with Crippen molar-refractivity contribution < 1.29 is 19.8 Å². The maximum atomic E-state index is 13.8. The van der Waals surface area contributed by atoms with Gasteiger partial charge in [-0.3, -0.25) is 14.5 Å². The van der Waals surface area contributed by atoms with Crippen molar-refractivity contribution in [2.24, 2.45) is 23.7 Å². The van der Waals surface area contributed by atoms with Gasteiger partial charge in [-0.25, -0.2) is 4.98 Å². The van der Waals surface area contributed by atoms with E-state index < -0.39 is 11.9 Å². The minimum atomic E-state index is -0.943. The van der Waals surface area contributed by atoms with E-state index in [1.54, 1.807) is 11.0 Å². The van der Waals surface area contributed by atoms with Gasteiger partial charge >= 0.3 is 5.97 Å². The highest BCUT2D eigenvalue weighted by molar-refractivity contribution is 7.14. The highest BCUT2D eigenvalue weighted by Crippen LogP contribution is 2.43. The van der Waals surface area contributed by atoms with Crippen molar-refractivity contribution in [1.82, 2.24) is 4.98 Å². The molecule has 1 aromatic carbocycles. The Morgan fingerprint density at radius 1 is 1.19 bits per heavy atom. The number of benzene rings is 1. The smallest absolute Gasteiger partial charge is 0.304 e. The van der Waals surface area contributed by atoms with Gasteiger partial charge in [-0.15, -0.1) is 11.3 Å². The molecule has 6 nitrogen and oxygen atoms in total. The molecule has 2 aliphatic rings. The number of hydrogen-bond acceptors (Lipinski definition) is 5. The largest absolute Gasteiger partial charge is 0.481 e. The lowest BCUT2D eigenvalue weighted by molar-refractivity contribution is -0.142. The number of aliphatic hydroxyl groups excluding tert-OH is 1. The van der Waals surface area contributed by atoms with Gasteiger partial charge in [-0.05, 0) is 30.7 Å². The first-order valence-electron chi connectivity index (χ1n) is 11.3. The Labute approximate surface area is 197 Å². The van der Waals surface area contributed by atoms with Gasteiger partial charge in [0.25, 0.3) is 0 Å². The maximum absolute atomic E-state index is 13.8. The van der Waals surface area contributed by atoms with Gasteiger partial charge in [0.1, 0.15) is 0 Å². The van der Waals surface area contributed by atoms with Crippen LogP contribution in [0.15, 0.2) is 29.6 Å². The number of carboxylic acid groups (broad SMARTS) is 1. The van der Waals surface area contributed by atoms with Crippen molar-refractivity contribution in [3.63, 3.8) is 0 Å². The minimum Gasteiger partial charge on any atom is -0.481 e. The first-order valence-corrected chi connectivity index (χ1v) is 12.6. The van der Waals surface area contributed by atoms with Crippen molar-refractivity contribution in [1.29, 1.82) is 0 Å². The summed E-state index contributed by atoms with van der Waals surface area (Å²) >= 11 is 7.69. The molecule has 0 radical (unpaired) electrons. The summed E-state index contributed by atoms with van der Waals surface area (Å²) in [5.41, 5.74) is 1.48. The molecule has 2 fully saturated rings. The molecule has 4 rings (SSSR count). The zero-order chi connectivity index (χ0) is 22.7. The Hall–Kier alpha value is -1.96. The predicted octanol–water partition coefficient (Wildman–Crippen LogP) is 5.10. The Kier molecular flexibility index (Phi) is 7.48. The molecule has 8 heteroatoms. The number of aliphatic carboxylic acids is 1. The van der Waals surface area contributed by atoms with Crippen LogP contribution >= 0.6 is 22.9 Å². The second-order valence-electron chi connectivity index (χ2n) is 8.98. The molecular weight excluding hydrogens is 448 g/mol. The van der Waals surface area contributed by atoms with E-state index in [-0.39, 0.29) is 30.8 Å². The zero-order valence-electron chi connectivity index (χ0n) is 18.0. The van der Waals surface area contributed by atoms with Gasteiger partial charge in [-0.2, -0.15) is 0 Å². The van der Waals surface area contributed by atoms with E-state index in [9.17, 15) is 19.8 Å². The summed E-state index contributed by atoms with van der Waals surface area (Å²) in [7, 11) is 0. The van der Waals surface area contributed by atoms with Gasteiger partial charge in [0, 0.05) is 35.0 Å². The van der Waals surface area contributed by atoms with Crippen LogP contribution in [0.2, 0.25) is 5.02 Å². The fourth-order valence-electron chi connectivity index (χ4n) is 5.33. The Morgan fingerprint density at radius 2 is 1.94 bits per heavy atom. The van der Waals surface area contributed by atoms with Gasteiger partial charge < -0.3 is 10.2 Å². The number of anilines is 1. The molecule has 2 N–H and O–H groups in total. The van der Waals surface area contributed by atoms with Crippen LogP contribution in [0.3, 0.4) is 0 Å². The third kappa shape index (κ3) is 5.00. The van der Waals surface area contributed by atoms with Crippen LogP contribution in [-0.4, -0.2) is 40.2 Å². The summed E-state index contributed by atoms with van der Waals surface area (Å²) in [6, 6.07) is 7.43. The van der Waals surface area contributed by atoms with Gasteiger partial charge in [0.2, 0.25) is 5.91 Å². The topological polar surface area (TPSA) is 90.7 Å². The van der Waals surface area contributed by atoms with E-state index in [2.05, 4.69) is 0 Å². The fourth-order valence-corrected chi connectivity index (χ4v) is 6.40. The Bertz CT molecular complexity index is 959. The average Bonchev–Trinajstić information content (AvgIpc) is 3.46. The van der Waals surface area contributed by atoms with E-state index in [4.69, 9.17) is 16.6 Å². The number of aromatic nitrogens is 1. The van der Waals surface area contributed by atoms with Crippen LogP contribution in [0, 0.1) is 23.7 Å². The highest BCUT2D eigenvalue weighted by Gasteiger charge is 2.41. The molecule has 1 aliphatic heterocycles. The van der Waals surface area contributed by atoms with Crippen molar-refractivity contribution in [2.75, 3.05) is 18.1 Å². The van der Waals surface area contributed by atoms with Crippen molar-refractivity contribution in [2.45, 2.75) is 44.9 Å². The third-order valence-electron chi connectivity index (χ3n) is 6.98. The number of thiazole rings is 1. The van der Waals surface area contributed by atoms with E-state index in [1.807, 2.05) is 23.6 Å². The molecule has 0 bridgehead atoms. The Balaban J connectivity index is 1.68. The number of rotatable bonds is 6. The first-order chi connectivity index (χ1) is 15.5. The molecule has 1 aliphatic carbocycles. The lowest BCUT2D eigenvalue weighted by Crippen LogP contribution is -2.46. The van der Waals surface area contributed by atoms with Crippen molar-refractivity contribution >= 4 is 39.9 Å². The summed E-state index contributed by atoms with van der Waals surface area (Å²) in [6.45, 7) is 0.339. The minimum absolute atomic E-state index is 0.00644. The SMILES string of the molecule is O=C(O)C[C@@H]1C(=O)N(c2nc(-c3ccccc3Cl)cs2)C[C@H](CO)CC[C@@H]1C1CCCC1. The fraction of sp³-hybridized carbons (Fsp3) is 0.542. The molecule has 0 spiro atoms.